The molecule has 0 aliphatic rings. The van der Waals surface area contributed by atoms with Crippen LogP contribution in [0.2, 0.25) is 0 Å². The number of benzene rings is 2. The van der Waals surface area contributed by atoms with Crippen molar-refractivity contribution in [3.63, 3.8) is 0 Å². The lowest BCUT2D eigenvalue weighted by Gasteiger charge is -2.23. The van der Waals surface area contributed by atoms with E-state index < -0.39 is 11.2 Å². The molecule has 0 saturated carbocycles. The van der Waals surface area contributed by atoms with Crippen molar-refractivity contribution in [2.75, 3.05) is 7.11 Å². The van der Waals surface area contributed by atoms with E-state index >= 15 is 0 Å². The zero-order valence-corrected chi connectivity index (χ0v) is 17.9. The molecule has 6 heteroatoms. The number of fused-ring (bicyclic) bond motifs is 2. The van der Waals surface area contributed by atoms with Crippen LogP contribution in [0.1, 0.15) is 27.7 Å². The van der Waals surface area contributed by atoms with Crippen LogP contribution in [-0.4, -0.2) is 23.4 Å². The molecule has 158 valence electrons. The molecule has 0 atom stereocenters. The summed E-state index contributed by atoms with van der Waals surface area (Å²) in [5.74, 6) is 0.664. The molecule has 0 aliphatic heterocycles. The molecule has 0 amide bonds. The van der Waals surface area contributed by atoms with E-state index in [-0.39, 0.29) is 38.9 Å². The van der Waals surface area contributed by atoms with E-state index in [1.54, 1.807) is 44.2 Å². The minimum atomic E-state index is -0.719. The number of phenols is 1. The van der Waals surface area contributed by atoms with Gasteiger partial charge in [0.1, 0.15) is 33.7 Å². The maximum atomic E-state index is 13.2. The van der Waals surface area contributed by atoms with Crippen LogP contribution in [0.3, 0.4) is 0 Å². The van der Waals surface area contributed by atoms with Crippen molar-refractivity contribution in [1.29, 1.82) is 0 Å². The van der Waals surface area contributed by atoms with Gasteiger partial charge in [-0.15, -0.1) is 0 Å². The van der Waals surface area contributed by atoms with Crippen LogP contribution < -0.4 is 19.6 Å². The molecule has 1 heterocycles. The number of ether oxygens (including phenoxy) is 3. The second kappa shape index (κ2) is 7.44. The van der Waals surface area contributed by atoms with Crippen molar-refractivity contribution in [2.45, 2.75) is 38.9 Å². The van der Waals surface area contributed by atoms with Gasteiger partial charge in [0.25, 0.3) is 0 Å². The highest BCUT2D eigenvalue weighted by Crippen LogP contribution is 2.39. The van der Waals surface area contributed by atoms with Gasteiger partial charge in [0.15, 0.2) is 11.3 Å². The van der Waals surface area contributed by atoms with Gasteiger partial charge in [-0.25, -0.2) is 0 Å². The normalized spacial score (nSPS) is 12.0. The highest BCUT2D eigenvalue weighted by atomic mass is 16.5. The Morgan fingerprint density at radius 3 is 2.23 bits per heavy atom. The lowest BCUT2D eigenvalue weighted by Crippen LogP contribution is -2.24. The molecule has 0 radical (unpaired) electrons. The summed E-state index contributed by atoms with van der Waals surface area (Å²) in [7, 11) is 1.46. The first kappa shape index (κ1) is 21.3. The van der Waals surface area contributed by atoms with E-state index in [0.29, 0.717) is 11.5 Å². The largest absolute Gasteiger partial charge is 0.502 e. The monoisotopic (exact) mass is 410 g/mol. The average molecular weight is 410 g/mol. The van der Waals surface area contributed by atoms with Gasteiger partial charge < -0.3 is 23.7 Å². The summed E-state index contributed by atoms with van der Waals surface area (Å²) in [5.41, 5.74) is -1.45. The Morgan fingerprint density at radius 2 is 1.63 bits per heavy atom. The molecule has 1 aromatic heterocycles. The van der Waals surface area contributed by atoms with Crippen molar-refractivity contribution in [1.82, 2.24) is 0 Å². The zero-order chi connectivity index (χ0) is 22.3. The topological polar surface area (TPSA) is 78.1 Å². The molecule has 3 aromatic rings. The van der Waals surface area contributed by atoms with Gasteiger partial charge in [-0.05, 0) is 52.0 Å². The molecular formula is C24H26O6. The predicted molar refractivity (Wildman–Crippen MR) is 118 cm³/mol. The van der Waals surface area contributed by atoms with Gasteiger partial charge in [0.2, 0.25) is 11.2 Å². The average Bonchev–Trinajstić information content (AvgIpc) is 2.69. The summed E-state index contributed by atoms with van der Waals surface area (Å²) < 4.78 is 23.1. The first-order chi connectivity index (χ1) is 14.0. The SMILES string of the molecule is C=CC(C)(C)Oc1cc(OC)c2c(=O)c3ccc(OC(C)(C)C=C)c(O)c3oc2c1. The Labute approximate surface area is 175 Å². The van der Waals surface area contributed by atoms with E-state index in [0.717, 1.165) is 0 Å². The Kier molecular flexibility index (Phi) is 5.29. The second-order valence-electron chi connectivity index (χ2n) is 8.04. The molecule has 6 nitrogen and oxygen atoms in total. The first-order valence-electron chi connectivity index (χ1n) is 9.47. The van der Waals surface area contributed by atoms with Gasteiger partial charge >= 0.3 is 0 Å². The second-order valence-corrected chi connectivity index (χ2v) is 8.04. The van der Waals surface area contributed by atoms with E-state index in [1.807, 2.05) is 13.8 Å². The maximum Gasteiger partial charge on any atom is 0.204 e. The molecule has 0 aliphatic carbocycles. The molecule has 0 spiro atoms. The summed E-state index contributed by atoms with van der Waals surface area (Å²) >= 11 is 0. The van der Waals surface area contributed by atoms with Crippen molar-refractivity contribution >= 4 is 21.9 Å². The molecule has 30 heavy (non-hydrogen) atoms. The highest BCUT2D eigenvalue weighted by Gasteiger charge is 2.23. The minimum absolute atomic E-state index is 0.0204. The van der Waals surface area contributed by atoms with Gasteiger partial charge in [-0.2, -0.15) is 0 Å². The summed E-state index contributed by atoms with van der Waals surface area (Å²) in [6.07, 6.45) is 3.28. The van der Waals surface area contributed by atoms with Crippen molar-refractivity contribution in [3.05, 3.63) is 59.8 Å². The van der Waals surface area contributed by atoms with E-state index in [1.165, 1.54) is 13.2 Å². The number of aromatic hydroxyl groups is 1. The van der Waals surface area contributed by atoms with Crippen molar-refractivity contribution in [2.24, 2.45) is 0 Å². The molecule has 3 rings (SSSR count). The molecule has 0 saturated heterocycles. The minimum Gasteiger partial charge on any atom is -0.502 e. The molecule has 0 bridgehead atoms. The summed E-state index contributed by atoms with van der Waals surface area (Å²) in [6, 6.07) is 6.30. The van der Waals surface area contributed by atoms with Crippen LogP contribution in [0.15, 0.2) is 58.8 Å². The smallest absolute Gasteiger partial charge is 0.204 e. The zero-order valence-electron chi connectivity index (χ0n) is 17.9. The fraction of sp³-hybridized carbons (Fsp3) is 0.292. The van der Waals surface area contributed by atoms with Crippen molar-refractivity contribution in [3.8, 4) is 23.0 Å². The lowest BCUT2D eigenvalue weighted by molar-refractivity contribution is 0.156. The van der Waals surface area contributed by atoms with Crippen molar-refractivity contribution < 1.29 is 23.7 Å². The number of methoxy groups -OCH3 is 1. The molecular weight excluding hydrogens is 384 g/mol. The number of phenolic OH excluding ortho intramolecular Hbond substituents is 1. The fourth-order valence-corrected chi connectivity index (χ4v) is 2.92. The van der Waals surface area contributed by atoms with Gasteiger partial charge in [0.05, 0.1) is 12.5 Å². The van der Waals surface area contributed by atoms with Crippen LogP contribution >= 0.6 is 0 Å². The fourth-order valence-electron chi connectivity index (χ4n) is 2.92. The van der Waals surface area contributed by atoms with Gasteiger partial charge in [-0.3, -0.25) is 4.79 Å². The highest BCUT2D eigenvalue weighted by molar-refractivity contribution is 5.96. The van der Waals surface area contributed by atoms with E-state index in [4.69, 9.17) is 18.6 Å². The van der Waals surface area contributed by atoms with Crippen LogP contribution in [0.4, 0.5) is 0 Å². The third-order valence-electron chi connectivity index (χ3n) is 4.77. The standard InChI is InChI=1S/C24H26O6/c1-8-23(3,4)29-14-12-17(27-7)19-18(13-14)28-22-15(20(19)25)10-11-16(21(22)26)30-24(5,6)9-2/h8-13,26H,1-2H2,3-7H3. The quantitative estimate of drug-likeness (QED) is 0.418. The third-order valence-corrected chi connectivity index (χ3v) is 4.77. The maximum absolute atomic E-state index is 13.2. The van der Waals surface area contributed by atoms with Gasteiger partial charge in [-0.1, -0.05) is 13.2 Å². The summed E-state index contributed by atoms with van der Waals surface area (Å²) in [5, 5.41) is 11.2. The summed E-state index contributed by atoms with van der Waals surface area (Å²) in [6.45, 7) is 14.8. The van der Waals surface area contributed by atoms with Crippen LogP contribution in [0.25, 0.3) is 21.9 Å². The van der Waals surface area contributed by atoms with Crippen LogP contribution in [0.5, 0.6) is 23.0 Å². The predicted octanol–water partition coefficient (Wildman–Crippen LogP) is 5.35. The lowest BCUT2D eigenvalue weighted by atomic mass is 10.1. The Balaban J connectivity index is 2.28. The first-order valence-corrected chi connectivity index (χ1v) is 9.47. The van der Waals surface area contributed by atoms with E-state index in [2.05, 4.69) is 13.2 Å². The van der Waals surface area contributed by atoms with E-state index in [9.17, 15) is 9.90 Å². The Hall–Kier alpha value is -3.41. The molecule has 1 N–H and O–H groups in total. The Bertz CT molecular complexity index is 1200. The Morgan fingerprint density at radius 1 is 1.00 bits per heavy atom. The van der Waals surface area contributed by atoms with Gasteiger partial charge in [0, 0.05) is 12.1 Å². The third kappa shape index (κ3) is 3.85. The molecule has 2 aromatic carbocycles. The summed E-state index contributed by atoms with van der Waals surface area (Å²) in [4.78, 5) is 13.2. The number of hydrogen-bond donors (Lipinski definition) is 1. The molecule has 0 unspecified atom stereocenters. The number of rotatable bonds is 7. The van der Waals surface area contributed by atoms with Crippen LogP contribution in [0, 0.1) is 0 Å². The van der Waals surface area contributed by atoms with Crippen LogP contribution in [-0.2, 0) is 0 Å². The number of hydrogen-bond acceptors (Lipinski definition) is 6. The molecule has 0 fully saturated rings.